The van der Waals surface area contributed by atoms with Crippen LogP contribution in [0.5, 0.6) is 0 Å². The number of hydrogen-bond acceptors (Lipinski definition) is 5. The van der Waals surface area contributed by atoms with Crippen molar-refractivity contribution in [2.75, 3.05) is 12.4 Å². The van der Waals surface area contributed by atoms with E-state index in [4.69, 9.17) is 4.74 Å². The third kappa shape index (κ3) is 8.08. The minimum absolute atomic E-state index is 0.220. The van der Waals surface area contributed by atoms with Crippen LogP contribution < -0.4 is 10.6 Å². The number of amides is 2. The van der Waals surface area contributed by atoms with Gasteiger partial charge in [-0.1, -0.05) is 78.9 Å². The van der Waals surface area contributed by atoms with Crippen molar-refractivity contribution in [2.24, 2.45) is 0 Å². The lowest BCUT2D eigenvalue weighted by Gasteiger charge is -2.18. The summed E-state index contributed by atoms with van der Waals surface area (Å²) in [7, 11) is 0. The molecule has 2 amide bonds. The van der Waals surface area contributed by atoms with Gasteiger partial charge in [0.15, 0.2) is 6.61 Å². The minimum atomic E-state index is -0.888. The van der Waals surface area contributed by atoms with Gasteiger partial charge in [-0.3, -0.25) is 9.59 Å². The highest BCUT2D eigenvalue weighted by Crippen LogP contribution is 2.14. The van der Waals surface area contributed by atoms with Crippen molar-refractivity contribution in [3.63, 3.8) is 0 Å². The van der Waals surface area contributed by atoms with Crippen LogP contribution in [0, 0.1) is 0 Å². The van der Waals surface area contributed by atoms with Gasteiger partial charge in [-0.15, -0.1) is 0 Å². The average molecular weight is 477 g/mol. The van der Waals surface area contributed by atoms with Crippen molar-refractivity contribution in [3.8, 4) is 0 Å². The Morgan fingerprint density at radius 2 is 1.41 bits per heavy atom. The van der Waals surface area contributed by atoms with Gasteiger partial charge in [0.25, 0.3) is 11.8 Å². The number of rotatable bonds is 11. The van der Waals surface area contributed by atoms with Gasteiger partial charge in [-0.2, -0.15) is 11.8 Å². The number of carbonyl (C=O) groups is 3. The normalized spacial score (nSPS) is 12.3. The van der Waals surface area contributed by atoms with Gasteiger partial charge in [-0.05, 0) is 30.2 Å². The van der Waals surface area contributed by atoms with Crippen molar-refractivity contribution in [2.45, 2.75) is 24.8 Å². The predicted octanol–water partition coefficient (Wildman–Crippen LogP) is 4.14. The number of hydrogen-bond donors (Lipinski definition) is 2. The molecule has 34 heavy (non-hydrogen) atoms. The molecule has 0 heterocycles. The topological polar surface area (TPSA) is 84.5 Å². The van der Waals surface area contributed by atoms with E-state index in [-0.39, 0.29) is 11.9 Å². The van der Waals surface area contributed by atoms with E-state index in [0.29, 0.717) is 17.1 Å². The second kappa shape index (κ2) is 13.2. The molecular formula is C27H28N2O4S. The van der Waals surface area contributed by atoms with E-state index in [0.717, 1.165) is 11.1 Å². The highest BCUT2D eigenvalue weighted by atomic mass is 32.2. The molecule has 7 heteroatoms. The molecule has 0 radical (unpaired) electrons. The summed E-state index contributed by atoms with van der Waals surface area (Å²) in [6.45, 7) is 1.44. The van der Waals surface area contributed by atoms with Gasteiger partial charge in [0.05, 0.1) is 6.04 Å². The summed E-state index contributed by atoms with van der Waals surface area (Å²) in [5.74, 6) is -0.429. The second-order valence-corrected chi connectivity index (χ2v) is 8.73. The molecule has 0 saturated carbocycles. The van der Waals surface area contributed by atoms with E-state index in [9.17, 15) is 14.4 Å². The van der Waals surface area contributed by atoms with E-state index < -0.39 is 24.5 Å². The molecule has 0 fully saturated rings. The summed E-state index contributed by atoms with van der Waals surface area (Å²) in [5, 5.41) is 5.56. The summed E-state index contributed by atoms with van der Waals surface area (Å²) < 4.78 is 5.26. The van der Waals surface area contributed by atoms with Crippen molar-refractivity contribution < 1.29 is 19.1 Å². The first kappa shape index (κ1) is 25.1. The molecule has 0 bridgehead atoms. The molecule has 0 saturated heterocycles. The standard InChI is InChI=1S/C27H28N2O4S/c1-20(22-13-7-3-8-14-22)28-25(30)17-33-27(32)24(19-34-18-21-11-5-2-6-12-21)29-26(31)23-15-9-4-10-16-23/h2-16,20,24H,17-19H2,1H3,(H,28,30)(H,29,31)/t20-,24+/m0/s1. The lowest BCUT2D eigenvalue weighted by Crippen LogP contribution is -2.44. The molecule has 0 aliphatic rings. The molecule has 2 atom stereocenters. The van der Waals surface area contributed by atoms with Crippen LogP contribution in [0.2, 0.25) is 0 Å². The molecule has 2 N–H and O–H groups in total. The molecule has 3 rings (SSSR count). The first-order chi connectivity index (χ1) is 16.5. The zero-order valence-electron chi connectivity index (χ0n) is 19.0. The van der Waals surface area contributed by atoms with Gasteiger partial charge in [0.2, 0.25) is 0 Å². The summed E-state index contributed by atoms with van der Waals surface area (Å²) in [6.07, 6.45) is 0. The Morgan fingerprint density at radius 3 is 2.06 bits per heavy atom. The molecule has 0 aliphatic heterocycles. The van der Waals surface area contributed by atoms with Crippen molar-refractivity contribution in [1.82, 2.24) is 10.6 Å². The lowest BCUT2D eigenvalue weighted by atomic mass is 10.1. The van der Waals surface area contributed by atoms with E-state index in [1.54, 1.807) is 24.3 Å². The molecule has 0 aromatic heterocycles. The Labute approximate surface area is 204 Å². The highest BCUT2D eigenvalue weighted by molar-refractivity contribution is 7.98. The van der Waals surface area contributed by atoms with Gasteiger partial charge in [0.1, 0.15) is 6.04 Å². The van der Waals surface area contributed by atoms with Gasteiger partial charge < -0.3 is 15.4 Å². The van der Waals surface area contributed by atoms with Gasteiger partial charge in [0, 0.05) is 17.1 Å². The SMILES string of the molecule is C[C@H](NC(=O)COC(=O)[C@@H](CSCc1ccccc1)NC(=O)c1ccccc1)c1ccccc1. The van der Waals surface area contributed by atoms with Crippen LogP contribution in [0.4, 0.5) is 0 Å². The maximum absolute atomic E-state index is 12.8. The number of nitrogens with one attached hydrogen (secondary N) is 2. The molecule has 176 valence electrons. The Kier molecular flexibility index (Phi) is 9.73. The third-order valence-electron chi connectivity index (χ3n) is 5.04. The van der Waals surface area contributed by atoms with E-state index in [1.165, 1.54) is 11.8 Å². The molecule has 0 spiro atoms. The van der Waals surface area contributed by atoms with E-state index >= 15 is 0 Å². The highest BCUT2D eigenvalue weighted by Gasteiger charge is 2.24. The predicted molar refractivity (Wildman–Crippen MR) is 134 cm³/mol. The average Bonchev–Trinajstić information content (AvgIpc) is 2.88. The molecule has 0 aliphatic carbocycles. The molecular weight excluding hydrogens is 448 g/mol. The molecule has 3 aromatic rings. The number of thioether (sulfide) groups is 1. The van der Waals surface area contributed by atoms with Gasteiger partial charge in [-0.25, -0.2) is 4.79 Å². The summed E-state index contributed by atoms with van der Waals surface area (Å²) in [5.41, 5.74) is 2.51. The summed E-state index contributed by atoms with van der Waals surface area (Å²) in [4.78, 5) is 37.7. The Bertz CT molecular complexity index is 1060. The van der Waals surface area contributed by atoms with Crippen LogP contribution in [-0.4, -0.2) is 36.2 Å². The number of benzene rings is 3. The quantitative estimate of drug-likeness (QED) is 0.407. The van der Waals surface area contributed by atoms with Gasteiger partial charge >= 0.3 is 5.97 Å². The third-order valence-corrected chi connectivity index (χ3v) is 6.15. The van der Waals surface area contributed by atoms with E-state index in [2.05, 4.69) is 10.6 Å². The van der Waals surface area contributed by atoms with Crippen LogP contribution in [-0.2, 0) is 20.1 Å². The fraction of sp³-hybridized carbons (Fsp3) is 0.222. The Hall–Kier alpha value is -3.58. The Balaban J connectivity index is 1.56. The fourth-order valence-electron chi connectivity index (χ4n) is 3.21. The number of esters is 1. The van der Waals surface area contributed by atoms with Crippen LogP contribution >= 0.6 is 11.8 Å². The second-order valence-electron chi connectivity index (χ2n) is 7.70. The summed E-state index contributed by atoms with van der Waals surface area (Å²) >= 11 is 1.51. The lowest BCUT2D eigenvalue weighted by molar-refractivity contribution is -0.150. The van der Waals surface area contributed by atoms with Crippen LogP contribution in [0.1, 0.15) is 34.5 Å². The number of ether oxygens (including phenoxy) is 1. The molecule has 6 nitrogen and oxygen atoms in total. The monoisotopic (exact) mass is 476 g/mol. The zero-order valence-corrected chi connectivity index (χ0v) is 19.8. The smallest absolute Gasteiger partial charge is 0.330 e. The van der Waals surface area contributed by atoms with Crippen LogP contribution in [0.25, 0.3) is 0 Å². The minimum Gasteiger partial charge on any atom is -0.454 e. The zero-order chi connectivity index (χ0) is 24.2. The van der Waals surface area contributed by atoms with E-state index in [1.807, 2.05) is 73.7 Å². The summed E-state index contributed by atoms with van der Waals surface area (Å²) in [6, 6.07) is 26.9. The van der Waals surface area contributed by atoms with Crippen molar-refractivity contribution in [1.29, 1.82) is 0 Å². The molecule has 0 unspecified atom stereocenters. The first-order valence-electron chi connectivity index (χ1n) is 11.0. The van der Waals surface area contributed by atoms with Crippen LogP contribution in [0.3, 0.4) is 0 Å². The fourth-order valence-corrected chi connectivity index (χ4v) is 4.22. The maximum Gasteiger partial charge on any atom is 0.330 e. The Morgan fingerprint density at radius 1 is 0.824 bits per heavy atom. The largest absolute Gasteiger partial charge is 0.454 e. The van der Waals surface area contributed by atoms with Crippen molar-refractivity contribution >= 4 is 29.5 Å². The maximum atomic E-state index is 12.8. The molecule has 3 aromatic carbocycles. The first-order valence-corrected chi connectivity index (χ1v) is 12.2. The van der Waals surface area contributed by atoms with Crippen LogP contribution in [0.15, 0.2) is 91.0 Å². The number of carbonyl (C=O) groups excluding carboxylic acids is 3. The van der Waals surface area contributed by atoms with Crippen molar-refractivity contribution in [3.05, 3.63) is 108 Å².